The van der Waals surface area contributed by atoms with Crippen molar-refractivity contribution in [2.24, 2.45) is 0 Å². The van der Waals surface area contributed by atoms with Gasteiger partial charge in [0.25, 0.3) is 0 Å². The van der Waals surface area contributed by atoms with E-state index in [9.17, 15) is 9.59 Å². The van der Waals surface area contributed by atoms with Crippen molar-refractivity contribution in [3.8, 4) is 5.75 Å². The number of aryl methyl sites for hydroxylation is 1. The molecule has 126 valence electrons. The minimum atomic E-state index is -0.353. The van der Waals surface area contributed by atoms with Crippen molar-refractivity contribution in [3.05, 3.63) is 47.7 Å². The van der Waals surface area contributed by atoms with Gasteiger partial charge in [-0.15, -0.1) is 0 Å². The quantitative estimate of drug-likeness (QED) is 0.821. The molecule has 1 N–H and O–H groups in total. The van der Waals surface area contributed by atoms with Crippen LogP contribution in [0.2, 0.25) is 0 Å². The topological polar surface area (TPSA) is 84.7 Å². The highest BCUT2D eigenvalue weighted by Gasteiger charge is 2.12. The fourth-order valence-corrected chi connectivity index (χ4v) is 1.94. The molecule has 24 heavy (non-hydrogen) atoms. The van der Waals surface area contributed by atoms with Gasteiger partial charge < -0.3 is 19.5 Å². The van der Waals surface area contributed by atoms with Crippen molar-refractivity contribution in [1.82, 2.24) is 10.1 Å². The Labute approximate surface area is 139 Å². The van der Waals surface area contributed by atoms with E-state index in [4.69, 9.17) is 9.26 Å². The van der Waals surface area contributed by atoms with Crippen LogP contribution >= 0.6 is 0 Å². The third kappa shape index (κ3) is 4.98. The number of nitrogens with zero attached hydrogens (tertiary/aromatic N) is 2. The molecule has 0 bridgehead atoms. The number of nitrogens with one attached hydrogen (secondary N) is 1. The van der Waals surface area contributed by atoms with E-state index in [-0.39, 0.29) is 18.4 Å². The zero-order chi connectivity index (χ0) is 17.5. The fraction of sp³-hybridized carbons (Fsp3) is 0.235. The Morgan fingerprint density at radius 1 is 1.38 bits per heavy atom. The molecule has 2 aromatic rings. The highest BCUT2D eigenvalue weighted by molar-refractivity contribution is 5.97. The molecule has 7 heteroatoms. The maximum atomic E-state index is 12.1. The van der Waals surface area contributed by atoms with E-state index < -0.39 is 0 Å². The Morgan fingerprint density at radius 3 is 2.83 bits per heavy atom. The van der Waals surface area contributed by atoms with Gasteiger partial charge in [-0.2, -0.15) is 0 Å². The molecule has 0 aliphatic carbocycles. The third-order valence-corrected chi connectivity index (χ3v) is 3.16. The summed E-state index contributed by atoms with van der Waals surface area (Å²) in [7, 11) is 3.13. The lowest BCUT2D eigenvalue weighted by molar-refractivity contribution is -0.129. The smallest absolute Gasteiger partial charge is 0.246 e. The van der Waals surface area contributed by atoms with Gasteiger partial charge in [-0.05, 0) is 30.7 Å². The molecule has 0 aliphatic heterocycles. The van der Waals surface area contributed by atoms with E-state index >= 15 is 0 Å². The molecule has 1 aromatic heterocycles. The van der Waals surface area contributed by atoms with Crippen LogP contribution in [0.1, 0.15) is 11.3 Å². The van der Waals surface area contributed by atoms with Gasteiger partial charge in [0.1, 0.15) is 11.5 Å². The molecule has 0 saturated carbocycles. The largest absolute Gasteiger partial charge is 0.497 e. The number of aromatic nitrogens is 1. The van der Waals surface area contributed by atoms with Crippen molar-refractivity contribution >= 4 is 23.7 Å². The standard InChI is InChI=1S/C17H19N3O4/c1-12-9-15(19-24-12)18-16(21)11-20(2)17(22)8-7-13-5-4-6-14(10-13)23-3/h4-10H,11H2,1-3H3,(H,18,19,21)/b8-7+. The predicted octanol–water partition coefficient (Wildman–Crippen LogP) is 2.10. The Bertz CT molecular complexity index is 752. The summed E-state index contributed by atoms with van der Waals surface area (Å²) >= 11 is 0. The monoisotopic (exact) mass is 329 g/mol. The summed E-state index contributed by atoms with van der Waals surface area (Å²) < 4.78 is 9.98. The van der Waals surface area contributed by atoms with Crippen molar-refractivity contribution in [3.63, 3.8) is 0 Å². The average Bonchev–Trinajstić information content (AvgIpc) is 2.97. The van der Waals surface area contributed by atoms with E-state index in [1.54, 1.807) is 33.2 Å². The molecule has 0 spiro atoms. The van der Waals surface area contributed by atoms with Crippen LogP contribution in [0.4, 0.5) is 5.82 Å². The van der Waals surface area contributed by atoms with Crippen LogP contribution in [0.15, 0.2) is 40.9 Å². The third-order valence-electron chi connectivity index (χ3n) is 3.16. The second-order valence-electron chi connectivity index (χ2n) is 5.18. The SMILES string of the molecule is COc1cccc(/C=C/C(=O)N(C)CC(=O)Nc2cc(C)on2)c1. The Balaban J connectivity index is 1.89. The van der Waals surface area contributed by atoms with Crippen molar-refractivity contribution < 1.29 is 18.8 Å². The molecule has 2 amide bonds. The van der Waals surface area contributed by atoms with Gasteiger partial charge in [-0.25, -0.2) is 0 Å². The Hall–Kier alpha value is -3.09. The van der Waals surface area contributed by atoms with Crippen LogP contribution in [-0.2, 0) is 9.59 Å². The number of methoxy groups -OCH3 is 1. The minimum Gasteiger partial charge on any atom is -0.497 e. The number of carbonyl (C=O) groups excluding carboxylic acids is 2. The number of anilines is 1. The number of carbonyl (C=O) groups is 2. The lowest BCUT2D eigenvalue weighted by Gasteiger charge is -2.13. The number of ether oxygens (including phenoxy) is 1. The number of rotatable bonds is 6. The van der Waals surface area contributed by atoms with E-state index in [2.05, 4.69) is 10.5 Å². The van der Waals surface area contributed by atoms with Crippen LogP contribution in [0.5, 0.6) is 5.75 Å². The summed E-state index contributed by atoms with van der Waals surface area (Å²) in [6.07, 6.45) is 3.07. The summed E-state index contributed by atoms with van der Waals surface area (Å²) in [6.45, 7) is 1.63. The van der Waals surface area contributed by atoms with Crippen LogP contribution in [0.3, 0.4) is 0 Å². The second kappa shape index (κ2) is 7.96. The van der Waals surface area contributed by atoms with Crippen LogP contribution in [0, 0.1) is 6.92 Å². The first-order chi connectivity index (χ1) is 11.5. The molecule has 7 nitrogen and oxygen atoms in total. The summed E-state index contributed by atoms with van der Waals surface area (Å²) in [5, 5.41) is 6.22. The number of hydrogen-bond acceptors (Lipinski definition) is 5. The van der Waals surface area contributed by atoms with Gasteiger partial charge in [-0.3, -0.25) is 9.59 Å². The summed E-state index contributed by atoms with van der Waals surface area (Å²) in [5.74, 6) is 0.986. The van der Waals surface area contributed by atoms with Crippen LogP contribution in [-0.4, -0.2) is 42.6 Å². The van der Waals surface area contributed by atoms with E-state index in [0.29, 0.717) is 17.3 Å². The fourth-order valence-electron chi connectivity index (χ4n) is 1.94. The number of benzene rings is 1. The maximum absolute atomic E-state index is 12.1. The van der Waals surface area contributed by atoms with Gasteiger partial charge in [0.2, 0.25) is 11.8 Å². The molecule has 0 unspecified atom stereocenters. The van der Waals surface area contributed by atoms with Crippen LogP contribution < -0.4 is 10.1 Å². The predicted molar refractivity (Wildman–Crippen MR) is 89.5 cm³/mol. The molecular formula is C17H19N3O4. The second-order valence-corrected chi connectivity index (χ2v) is 5.18. The minimum absolute atomic E-state index is 0.0901. The first kappa shape index (κ1) is 17.3. The zero-order valence-corrected chi connectivity index (χ0v) is 13.8. The van der Waals surface area contributed by atoms with E-state index in [1.165, 1.54) is 11.0 Å². The van der Waals surface area contributed by atoms with E-state index in [1.807, 2.05) is 24.3 Å². The molecule has 0 aliphatic rings. The zero-order valence-electron chi connectivity index (χ0n) is 13.8. The summed E-state index contributed by atoms with van der Waals surface area (Å²) in [4.78, 5) is 25.2. The van der Waals surface area contributed by atoms with E-state index in [0.717, 1.165) is 5.56 Å². The molecule has 1 heterocycles. The van der Waals surface area contributed by atoms with Crippen molar-refractivity contribution in [2.45, 2.75) is 6.92 Å². The normalized spacial score (nSPS) is 10.6. The molecule has 1 aromatic carbocycles. The maximum Gasteiger partial charge on any atom is 0.246 e. The van der Waals surface area contributed by atoms with Gasteiger partial charge in [0.15, 0.2) is 5.82 Å². The lowest BCUT2D eigenvalue weighted by atomic mass is 10.2. The first-order valence-electron chi connectivity index (χ1n) is 7.28. The molecular weight excluding hydrogens is 310 g/mol. The average molecular weight is 329 g/mol. The number of likely N-dealkylation sites (N-methyl/N-ethyl adjacent to an activating group) is 1. The summed E-state index contributed by atoms with van der Waals surface area (Å²) in [6, 6.07) is 8.92. The van der Waals surface area contributed by atoms with Gasteiger partial charge in [0, 0.05) is 19.2 Å². The highest BCUT2D eigenvalue weighted by atomic mass is 16.5. The number of hydrogen-bond donors (Lipinski definition) is 1. The van der Waals surface area contributed by atoms with Crippen molar-refractivity contribution in [1.29, 1.82) is 0 Å². The van der Waals surface area contributed by atoms with Gasteiger partial charge in [-0.1, -0.05) is 17.3 Å². The molecule has 2 rings (SSSR count). The van der Waals surface area contributed by atoms with Gasteiger partial charge in [0.05, 0.1) is 13.7 Å². The Kier molecular flexibility index (Phi) is 5.73. The van der Waals surface area contributed by atoms with Crippen molar-refractivity contribution in [2.75, 3.05) is 26.0 Å². The first-order valence-corrected chi connectivity index (χ1v) is 7.28. The Morgan fingerprint density at radius 2 is 2.17 bits per heavy atom. The molecule has 0 saturated heterocycles. The van der Waals surface area contributed by atoms with Crippen LogP contribution in [0.25, 0.3) is 6.08 Å². The molecule has 0 atom stereocenters. The molecule has 0 fully saturated rings. The number of amides is 2. The van der Waals surface area contributed by atoms with Gasteiger partial charge >= 0.3 is 0 Å². The molecule has 0 radical (unpaired) electrons. The highest BCUT2D eigenvalue weighted by Crippen LogP contribution is 2.13. The summed E-state index contributed by atoms with van der Waals surface area (Å²) in [5.41, 5.74) is 0.832. The lowest BCUT2D eigenvalue weighted by Crippen LogP contribution is -2.33.